The van der Waals surface area contributed by atoms with Gasteiger partial charge >= 0.3 is 0 Å². The highest BCUT2D eigenvalue weighted by atomic mass is 28.4. The van der Waals surface area contributed by atoms with Crippen LogP contribution in [-0.4, -0.2) is 14.9 Å². The molecule has 0 radical (unpaired) electrons. The van der Waals surface area contributed by atoms with Crippen LogP contribution in [0.25, 0.3) is 5.57 Å². The highest BCUT2D eigenvalue weighted by Gasteiger charge is 2.36. The summed E-state index contributed by atoms with van der Waals surface area (Å²) in [4.78, 5) is 0. The van der Waals surface area contributed by atoms with Gasteiger partial charge in [0.05, 0.1) is 0 Å². The Morgan fingerprint density at radius 3 is 2.22 bits per heavy atom. The molecule has 0 aliphatic heterocycles. The molecule has 1 aromatic carbocycles. The standard InChI is InChI=1S/C16H26OSi/c1-14(15-10-8-7-9-11-15)12-13-17-18(5,6)16(2,3)4/h7-11H,1,12-13H2,2-6H3. The molecule has 0 N–H and O–H groups in total. The fourth-order valence-electron chi connectivity index (χ4n) is 1.46. The minimum atomic E-state index is -1.61. The summed E-state index contributed by atoms with van der Waals surface area (Å²) in [6, 6.07) is 10.3. The first kappa shape index (κ1) is 15.2. The van der Waals surface area contributed by atoms with Crippen LogP contribution < -0.4 is 0 Å². The van der Waals surface area contributed by atoms with E-state index in [1.54, 1.807) is 0 Å². The summed E-state index contributed by atoms with van der Waals surface area (Å²) in [5.41, 5.74) is 2.38. The maximum Gasteiger partial charge on any atom is 0.191 e. The molecule has 2 heteroatoms. The molecule has 0 spiro atoms. The highest BCUT2D eigenvalue weighted by Crippen LogP contribution is 2.36. The molecule has 0 aliphatic rings. The maximum absolute atomic E-state index is 6.16. The summed E-state index contributed by atoms with van der Waals surface area (Å²) in [6.45, 7) is 16.3. The van der Waals surface area contributed by atoms with Gasteiger partial charge in [0.15, 0.2) is 8.32 Å². The van der Waals surface area contributed by atoms with E-state index in [1.807, 2.05) is 6.07 Å². The summed E-state index contributed by atoms with van der Waals surface area (Å²) >= 11 is 0. The fraction of sp³-hybridized carbons (Fsp3) is 0.500. The van der Waals surface area contributed by atoms with Crippen molar-refractivity contribution >= 4 is 13.9 Å². The summed E-state index contributed by atoms with van der Waals surface area (Å²) in [6.07, 6.45) is 0.913. The van der Waals surface area contributed by atoms with Crippen molar-refractivity contribution in [1.29, 1.82) is 0 Å². The zero-order valence-electron chi connectivity index (χ0n) is 12.4. The lowest BCUT2D eigenvalue weighted by Crippen LogP contribution is -2.40. The first-order chi connectivity index (χ1) is 8.24. The van der Waals surface area contributed by atoms with E-state index in [2.05, 4.69) is 64.7 Å². The van der Waals surface area contributed by atoms with E-state index in [-0.39, 0.29) is 5.04 Å². The Kier molecular flexibility index (Phi) is 4.94. The van der Waals surface area contributed by atoms with Gasteiger partial charge < -0.3 is 4.43 Å². The third kappa shape index (κ3) is 4.11. The molecule has 0 fully saturated rings. The molecule has 0 heterocycles. The van der Waals surface area contributed by atoms with E-state index in [0.29, 0.717) is 0 Å². The molecule has 0 saturated heterocycles. The summed E-state index contributed by atoms with van der Waals surface area (Å²) < 4.78 is 6.16. The maximum atomic E-state index is 6.16. The minimum Gasteiger partial charge on any atom is -0.416 e. The quantitative estimate of drug-likeness (QED) is 0.670. The van der Waals surface area contributed by atoms with E-state index >= 15 is 0 Å². The number of rotatable bonds is 5. The summed E-state index contributed by atoms with van der Waals surface area (Å²) in [7, 11) is -1.61. The average molecular weight is 262 g/mol. The average Bonchev–Trinajstić information content (AvgIpc) is 2.28. The van der Waals surface area contributed by atoms with E-state index in [1.165, 1.54) is 5.56 Å². The second kappa shape index (κ2) is 5.85. The van der Waals surface area contributed by atoms with Gasteiger partial charge in [-0.1, -0.05) is 57.7 Å². The van der Waals surface area contributed by atoms with Gasteiger partial charge in [0.25, 0.3) is 0 Å². The molecular weight excluding hydrogens is 236 g/mol. The molecule has 100 valence electrons. The van der Waals surface area contributed by atoms with Crippen LogP contribution in [0.15, 0.2) is 36.9 Å². The number of benzene rings is 1. The molecule has 1 rings (SSSR count). The Hall–Kier alpha value is -0.863. The lowest BCUT2D eigenvalue weighted by molar-refractivity contribution is 0.296. The van der Waals surface area contributed by atoms with Gasteiger partial charge in [0, 0.05) is 6.61 Å². The van der Waals surface area contributed by atoms with Gasteiger partial charge in [-0.3, -0.25) is 0 Å². The van der Waals surface area contributed by atoms with Gasteiger partial charge in [-0.05, 0) is 35.7 Å². The molecule has 0 bridgehead atoms. The number of hydrogen-bond acceptors (Lipinski definition) is 1. The summed E-state index contributed by atoms with van der Waals surface area (Å²) in [5, 5.41) is 0.279. The second-order valence-electron chi connectivity index (χ2n) is 6.33. The minimum absolute atomic E-state index is 0.279. The van der Waals surface area contributed by atoms with E-state index < -0.39 is 8.32 Å². The van der Waals surface area contributed by atoms with Crippen molar-refractivity contribution < 1.29 is 4.43 Å². The molecule has 0 aliphatic carbocycles. The van der Waals surface area contributed by atoms with E-state index in [4.69, 9.17) is 4.43 Å². The van der Waals surface area contributed by atoms with Crippen molar-refractivity contribution in [3.8, 4) is 0 Å². The van der Waals surface area contributed by atoms with Crippen molar-refractivity contribution in [1.82, 2.24) is 0 Å². The largest absolute Gasteiger partial charge is 0.416 e. The highest BCUT2D eigenvalue weighted by molar-refractivity contribution is 6.74. The molecule has 0 amide bonds. The van der Waals surface area contributed by atoms with Crippen LogP contribution in [0.4, 0.5) is 0 Å². The van der Waals surface area contributed by atoms with Crippen LogP contribution in [0.1, 0.15) is 32.8 Å². The molecule has 0 atom stereocenters. The Balaban J connectivity index is 2.46. The third-order valence-electron chi connectivity index (χ3n) is 3.85. The van der Waals surface area contributed by atoms with Crippen molar-refractivity contribution in [3.63, 3.8) is 0 Å². The van der Waals surface area contributed by atoms with E-state index in [0.717, 1.165) is 18.6 Å². The first-order valence-corrected chi connectivity index (χ1v) is 9.52. The lowest BCUT2D eigenvalue weighted by atomic mass is 10.1. The van der Waals surface area contributed by atoms with Gasteiger partial charge in [0.2, 0.25) is 0 Å². The Morgan fingerprint density at radius 1 is 1.17 bits per heavy atom. The normalized spacial score (nSPS) is 12.5. The SMILES string of the molecule is C=C(CCO[Si](C)(C)C(C)(C)C)c1ccccc1. The predicted molar refractivity (Wildman–Crippen MR) is 83.2 cm³/mol. The van der Waals surface area contributed by atoms with Crippen LogP contribution in [-0.2, 0) is 4.43 Å². The molecule has 0 saturated carbocycles. The first-order valence-electron chi connectivity index (χ1n) is 6.61. The van der Waals surface area contributed by atoms with Crippen molar-refractivity contribution in [2.75, 3.05) is 6.61 Å². The van der Waals surface area contributed by atoms with Crippen LogP contribution in [0.3, 0.4) is 0 Å². The summed E-state index contributed by atoms with van der Waals surface area (Å²) in [5.74, 6) is 0. The van der Waals surface area contributed by atoms with Crippen molar-refractivity contribution in [2.45, 2.75) is 45.3 Å². The molecule has 0 aromatic heterocycles. The predicted octanol–water partition coefficient (Wildman–Crippen LogP) is 5.11. The molecular formula is C16H26OSi. The zero-order valence-corrected chi connectivity index (χ0v) is 13.4. The monoisotopic (exact) mass is 262 g/mol. The fourth-order valence-corrected chi connectivity index (χ4v) is 2.51. The topological polar surface area (TPSA) is 9.23 Å². The van der Waals surface area contributed by atoms with Crippen LogP contribution in [0, 0.1) is 0 Å². The third-order valence-corrected chi connectivity index (χ3v) is 8.39. The Morgan fingerprint density at radius 2 is 1.72 bits per heavy atom. The zero-order chi connectivity index (χ0) is 13.8. The lowest BCUT2D eigenvalue weighted by Gasteiger charge is -2.36. The smallest absolute Gasteiger partial charge is 0.191 e. The van der Waals surface area contributed by atoms with Crippen molar-refractivity contribution in [3.05, 3.63) is 42.5 Å². The van der Waals surface area contributed by atoms with E-state index in [9.17, 15) is 0 Å². The van der Waals surface area contributed by atoms with Gasteiger partial charge in [-0.15, -0.1) is 0 Å². The molecule has 1 nitrogen and oxygen atoms in total. The van der Waals surface area contributed by atoms with Gasteiger partial charge in [0.1, 0.15) is 0 Å². The van der Waals surface area contributed by atoms with Crippen LogP contribution >= 0.6 is 0 Å². The molecule has 1 aromatic rings. The van der Waals surface area contributed by atoms with Gasteiger partial charge in [-0.25, -0.2) is 0 Å². The van der Waals surface area contributed by atoms with Crippen LogP contribution in [0.2, 0.25) is 18.1 Å². The Labute approximate surface area is 113 Å². The molecule has 18 heavy (non-hydrogen) atoms. The molecule has 0 unspecified atom stereocenters. The Bertz CT molecular complexity index is 387. The second-order valence-corrected chi connectivity index (χ2v) is 11.1. The number of hydrogen-bond donors (Lipinski definition) is 0. The van der Waals surface area contributed by atoms with Crippen LogP contribution in [0.5, 0.6) is 0 Å². The van der Waals surface area contributed by atoms with Crippen molar-refractivity contribution in [2.24, 2.45) is 0 Å². The van der Waals surface area contributed by atoms with Gasteiger partial charge in [-0.2, -0.15) is 0 Å².